The zero-order valence-electron chi connectivity index (χ0n) is 8.22. The third-order valence-corrected chi connectivity index (χ3v) is 2.81. The molecule has 1 N–H and O–H groups in total. The quantitative estimate of drug-likeness (QED) is 0.759. The number of rotatable bonds is 1. The van der Waals surface area contributed by atoms with Crippen LogP contribution in [0.15, 0.2) is 42.6 Å². The van der Waals surface area contributed by atoms with Crippen LogP contribution in [0, 0.1) is 0 Å². The summed E-state index contributed by atoms with van der Waals surface area (Å²) in [5, 5.41) is 11.7. The van der Waals surface area contributed by atoms with Gasteiger partial charge >= 0.3 is 0 Å². The highest BCUT2D eigenvalue weighted by Gasteiger charge is 2.12. The highest BCUT2D eigenvalue weighted by atomic mass is 16.3. The first kappa shape index (κ1) is 8.50. The fraction of sp³-hybridized carbons (Fsp3) is 0.0769. The Morgan fingerprint density at radius 3 is 2.67 bits per heavy atom. The Morgan fingerprint density at radius 2 is 1.87 bits per heavy atom. The van der Waals surface area contributed by atoms with Gasteiger partial charge in [-0.2, -0.15) is 0 Å². The summed E-state index contributed by atoms with van der Waals surface area (Å²) >= 11 is 0. The van der Waals surface area contributed by atoms with E-state index in [1.54, 1.807) is 0 Å². The summed E-state index contributed by atoms with van der Waals surface area (Å²) < 4.78 is 0. The molecule has 0 spiro atoms. The molecule has 3 rings (SSSR count). The fourth-order valence-corrected chi connectivity index (χ4v) is 2.10. The largest absolute Gasteiger partial charge is 0.376 e. The maximum atomic E-state index is 9.24. The van der Waals surface area contributed by atoms with E-state index in [0.29, 0.717) is 0 Å². The van der Waals surface area contributed by atoms with Crippen molar-refractivity contribution in [3.8, 4) is 0 Å². The molecular formula is C13H11NO. The molecule has 0 radical (unpaired) electrons. The second kappa shape index (κ2) is 3.11. The van der Waals surface area contributed by atoms with Crippen molar-refractivity contribution in [1.82, 2.24) is 0 Å². The van der Waals surface area contributed by atoms with Gasteiger partial charge < -0.3 is 10.0 Å². The Balaban J connectivity index is 2.41. The van der Waals surface area contributed by atoms with Gasteiger partial charge in [-0.25, -0.2) is 0 Å². The average Bonchev–Trinajstić information content (AvgIpc) is 2.30. The van der Waals surface area contributed by atoms with Crippen molar-refractivity contribution in [2.24, 2.45) is 0 Å². The first-order valence-electron chi connectivity index (χ1n) is 4.97. The number of nitrogens with zero attached hydrogens (tertiary/aromatic N) is 1. The lowest BCUT2D eigenvalue weighted by atomic mass is 10.00. The zero-order valence-corrected chi connectivity index (χ0v) is 8.22. The van der Waals surface area contributed by atoms with E-state index in [1.807, 2.05) is 29.3 Å². The van der Waals surface area contributed by atoms with Crippen molar-refractivity contribution < 1.29 is 5.11 Å². The van der Waals surface area contributed by atoms with Gasteiger partial charge in [0.1, 0.15) is 6.73 Å². The number of aliphatic hydroxyl groups excluding tert-OH is 1. The van der Waals surface area contributed by atoms with Crippen LogP contribution in [0.1, 0.15) is 5.56 Å². The van der Waals surface area contributed by atoms with E-state index in [-0.39, 0.29) is 6.73 Å². The number of aliphatic hydroxyl groups is 1. The van der Waals surface area contributed by atoms with Gasteiger partial charge in [-0.1, -0.05) is 30.3 Å². The lowest BCUT2D eigenvalue weighted by Crippen LogP contribution is -2.18. The topological polar surface area (TPSA) is 23.5 Å². The summed E-state index contributed by atoms with van der Waals surface area (Å²) in [5.74, 6) is 0. The summed E-state index contributed by atoms with van der Waals surface area (Å²) in [6.45, 7) is 0.0178. The predicted molar refractivity (Wildman–Crippen MR) is 62.5 cm³/mol. The molecule has 0 aromatic heterocycles. The molecule has 0 fully saturated rings. The monoisotopic (exact) mass is 197 g/mol. The van der Waals surface area contributed by atoms with Gasteiger partial charge in [-0.3, -0.25) is 0 Å². The van der Waals surface area contributed by atoms with Gasteiger partial charge in [0.05, 0.1) is 5.69 Å². The van der Waals surface area contributed by atoms with Crippen LogP contribution in [0.3, 0.4) is 0 Å². The molecule has 1 heterocycles. The van der Waals surface area contributed by atoms with Gasteiger partial charge in [0.25, 0.3) is 0 Å². The molecule has 1 aliphatic rings. The molecule has 2 aromatic carbocycles. The summed E-state index contributed by atoms with van der Waals surface area (Å²) in [4.78, 5) is 1.84. The third-order valence-electron chi connectivity index (χ3n) is 2.81. The minimum Gasteiger partial charge on any atom is -0.376 e. The molecule has 2 aromatic rings. The fourth-order valence-electron chi connectivity index (χ4n) is 2.10. The van der Waals surface area contributed by atoms with Gasteiger partial charge in [0, 0.05) is 11.6 Å². The average molecular weight is 197 g/mol. The standard InChI is InChI=1S/C13H11NO/c15-9-14-8-7-11-4-1-3-10-5-2-6-12(14)13(10)11/h1-8,15H,9H2. The minimum atomic E-state index is 0.0178. The SMILES string of the molecule is OCN1C=Cc2cccc3cccc1c23. The third kappa shape index (κ3) is 1.15. The molecule has 0 atom stereocenters. The van der Waals surface area contributed by atoms with Crippen molar-refractivity contribution in [1.29, 1.82) is 0 Å². The van der Waals surface area contributed by atoms with Crippen LogP contribution in [0.4, 0.5) is 5.69 Å². The highest BCUT2D eigenvalue weighted by molar-refractivity contribution is 6.02. The summed E-state index contributed by atoms with van der Waals surface area (Å²) in [5.41, 5.74) is 2.29. The van der Waals surface area contributed by atoms with Crippen molar-refractivity contribution in [2.45, 2.75) is 0 Å². The van der Waals surface area contributed by atoms with Crippen molar-refractivity contribution in [2.75, 3.05) is 11.6 Å². The molecule has 0 unspecified atom stereocenters. The smallest absolute Gasteiger partial charge is 0.119 e. The molecule has 74 valence electrons. The van der Waals surface area contributed by atoms with E-state index < -0.39 is 0 Å². The van der Waals surface area contributed by atoms with E-state index in [2.05, 4.69) is 24.3 Å². The lowest BCUT2D eigenvalue weighted by molar-refractivity contribution is 0.303. The van der Waals surface area contributed by atoms with Gasteiger partial charge in [0.15, 0.2) is 0 Å². The number of hydrogen-bond donors (Lipinski definition) is 1. The highest BCUT2D eigenvalue weighted by Crippen LogP contribution is 2.33. The number of hydrogen-bond acceptors (Lipinski definition) is 2. The molecule has 0 aliphatic carbocycles. The maximum Gasteiger partial charge on any atom is 0.119 e. The summed E-state index contributed by atoms with van der Waals surface area (Å²) in [6.07, 6.45) is 3.95. The Bertz CT molecular complexity index is 540. The lowest BCUT2D eigenvalue weighted by Gasteiger charge is -2.24. The second-order valence-electron chi connectivity index (χ2n) is 3.65. The van der Waals surface area contributed by atoms with Gasteiger partial charge in [-0.05, 0) is 23.1 Å². The first-order chi connectivity index (χ1) is 7.40. The molecule has 2 nitrogen and oxygen atoms in total. The van der Waals surface area contributed by atoms with Crippen molar-refractivity contribution in [3.05, 3.63) is 48.2 Å². The van der Waals surface area contributed by atoms with E-state index >= 15 is 0 Å². The Kier molecular flexibility index (Phi) is 1.76. The summed E-state index contributed by atoms with van der Waals surface area (Å²) in [7, 11) is 0. The van der Waals surface area contributed by atoms with Crippen LogP contribution in [-0.4, -0.2) is 11.8 Å². The molecule has 15 heavy (non-hydrogen) atoms. The van der Waals surface area contributed by atoms with Crippen LogP contribution in [0.5, 0.6) is 0 Å². The Hall–Kier alpha value is -1.80. The molecular weight excluding hydrogens is 186 g/mol. The predicted octanol–water partition coefficient (Wildman–Crippen LogP) is 2.58. The van der Waals surface area contributed by atoms with Crippen LogP contribution in [-0.2, 0) is 0 Å². The molecule has 0 bridgehead atoms. The van der Waals surface area contributed by atoms with Crippen LogP contribution < -0.4 is 4.90 Å². The van der Waals surface area contributed by atoms with E-state index in [4.69, 9.17) is 0 Å². The molecule has 2 heteroatoms. The van der Waals surface area contributed by atoms with Crippen LogP contribution >= 0.6 is 0 Å². The van der Waals surface area contributed by atoms with Gasteiger partial charge in [0.2, 0.25) is 0 Å². The Morgan fingerprint density at radius 1 is 1.07 bits per heavy atom. The molecule has 1 aliphatic heterocycles. The summed E-state index contributed by atoms with van der Waals surface area (Å²) in [6, 6.07) is 12.4. The van der Waals surface area contributed by atoms with Crippen molar-refractivity contribution >= 4 is 22.5 Å². The Labute approximate surface area is 88.1 Å². The van der Waals surface area contributed by atoms with Gasteiger partial charge in [-0.15, -0.1) is 0 Å². The molecule has 0 saturated carbocycles. The maximum absolute atomic E-state index is 9.24. The van der Waals surface area contributed by atoms with E-state index in [0.717, 1.165) is 5.69 Å². The molecule has 0 saturated heterocycles. The number of benzene rings is 2. The minimum absolute atomic E-state index is 0.0178. The van der Waals surface area contributed by atoms with Crippen molar-refractivity contribution in [3.63, 3.8) is 0 Å². The van der Waals surface area contributed by atoms with Crippen LogP contribution in [0.2, 0.25) is 0 Å². The first-order valence-corrected chi connectivity index (χ1v) is 4.97. The van der Waals surface area contributed by atoms with E-state index in [1.165, 1.54) is 16.3 Å². The van der Waals surface area contributed by atoms with E-state index in [9.17, 15) is 5.11 Å². The molecule has 0 amide bonds. The number of anilines is 1. The zero-order chi connectivity index (χ0) is 10.3. The second-order valence-corrected chi connectivity index (χ2v) is 3.65. The normalized spacial score (nSPS) is 13.5. The van der Waals surface area contributed by atoms with Crippen LogP contribution in [0.25, 0.3) is 16.8 Å².